The molecule has 0 bridgehead atoms. The first-order valence-corrected chi connectivity index (χ1v) is 14.1. The van der Waals surface area contributed by atoms with Crippen molar-refractivity contribution in [3.8, 4) is 17.6 Å². The lowest BCUT2D eigenvalue weighted by Gasteiger charge is -2.45. The van der Waals surface area contributed by atoms with Gasteiger partial charge in [0, 0.05) is 12.0 Å². The highest BCUT2D eigenvalue weighted by atomic mass is 19.4. The standard InChI is InChI=1S/C31H32F8O/c1-17-2-3-21-13-20(5-4-19(21)12-17)18-6-8-23(9-7-18)31(38,39)40-24-14-22-15-26(32)25(10-11-30(35,36)37)29(34)28(22)27(33)16-24/h14-21,23H,2-9,12-13H2,1H3. The maximum atomic E-state index is 15.2. The zero-order valence-electron chi connectivity index (χ0n) is 22.2. The van der Waals surface area contributed by atoms with E-state index in [9.17, 15) is 26.3 Å². The Hall–Kier alpha value is -2.50. The number of alkyl halides is 5. The minimum atomic E-state index is -5.01. The third-order valence-corrected chi connectivity index (χ3v) is 9.47. The van der Waals surface area contributed by atoms with Gasteiger partial charge in [-0.15, -0.1) is 0 Å². The molecule has 2 aromatic carbocycles. The minimum absolute atomic E-state index is 0.264. The molecular formula is C31H32F8O. The Morgan fingerprint density at radius 2 is 1.32 bits per heavy atom. The Kier molecular flexibility index (Phi) is 8.02. The number of rotatable bonds is 4. The summed E-state index contributed by atoms with van der Waals surface area (Å²) < 4.78 is 116. The van der Waals surface area contributed by atoms with Crippen LogP contribution in [0.4, 0.5) is 35.1 Å². The molecule has 4 unspecified atom stereocenters. The summed E-state index contributed by atoms with van der Waals surface area (Å²) in [6, 6.07) is 1.95. The van der Waals surface area contributed by atoms with Gasteiger partial charge in [-0.3, -0.25) is 0 Å². The van der Waals surface area contributed by atoms with Gasteiger partial charge >= 0.3 is 12.3 Å². The van der Waals surface area contributed by atoms with Gasteiger partial charge in [-0.2, -0.15) is 22.0 Å². The summed E-state index contributed by atoms with van der Waals surface area (Å²) >= 11 is 0. The first-order valence-electron chi connectivity index (χ1n) is 14.1. The van der Waals surface area contributed by atoms with E-state index in [0.29, 0.717) is 36.8 Å². The van der Waals surface area contributed by atoms with E-state index >= 15 is 8.78 Å². The lowest BCUT2D eigenvalue weighted by Crippen LogP contribution is -2.39. The van der Waals surface area contributed by atoms with Crippen LogP contribution in [-0.4, -0.2) is 12.3 Å². The Morgan fingerprint density at radius 1 is 0.725 bits per heavy atom. The third kappa shape index (κ3) is 6.21. The van der Waals surface area contributed by atoms with Crippen LogP contribution in [0, 0.1) is 64.8 Å². The maximum absolute atomic E-state index is 15.2. The lowest BCUT2D eigenvalue weighted by atomic mass is 9.61. The van der Waals surface area contributed by atoms with E-state index in [2.05, 4.69) is 6.92 Å². The third-order valence-electron chi connectivity index (χ3n) is 9.47. The summed E-state index contributed by atoms with van der Waals surface area (Å²) in [7, 11) is 0. The number of hydrogen-bond acceptors (Lipinski definition) is 1. The average molecular weight is 573 g/mol. The smallest absolute Gasteiger partial charge is 0.432 e. The van der Waals surface area contributed by atoms with Crippen molar-refractivity contribution in [2.24, 2.45) is 35.5 Å². The van der Waals surface area contributed by atoms with Crippen LogP contribution in [0.2, 0.25) is 0 Å². The first-order chi connectivity index (χ1) is 18.8. The summed E-state index contributed by atoms with van der Waals surface area (Å²) in [4.78, 5) is 0. The van der Waals surface area contributed by atoms with Crippen LogP contribution in [0.15, 0.2) is 18.2 Å². The number of halogens is 8. The van der Waals surface area contributed by atoms with Crippen LogP contribution in [-0.2, 0) is 0 Å². The highest BCUT2D eigenvalue weighted by Crippen LogP contribution is 2.50. The van der Waals surface area contributed by atoms with E-state index < -0.39 is 57.7 Å². The van der Waals surface area contributed by atoms with E-state index in [4.69, 9.17) is 4.74 Å². The number of ether oxygens (including phenoxy) is 1. The molecule has 40 heavy (non-hydrogen) atoms. The summed E-state index contributed by atoms with van der Waals surface area (Å²) in [5.74, 6) is -0.777. The molecule has 0 aliphatic heterocycles. The van der Waals surface area contributed by atoms with E-state index in [1.807, 2.05) is 0 Å². The Balaban J connectivity index is 1.25. The van der Waals surface area contributed by atoms with E-state index in [-0.39, 0.29) is 12.8 Å². The molecule has 0 spiro atoms. The van der Waals surface area contributed by atoms with E-state index in [1.54, 1.807) is 0 Å². The van der Waals surface area contributed by atoms with Gasteiger partial charge in [-0.25, -0.2) is 13.2 Å². The van der Waals surface area contributed by atoms with E-state index in [0.717, 1.165) is 36.2 Å². The topological polar surface area (TPSA) is 9.23 Å². The highest BCUT2D eigenvalue weighted by Gasteiger charge is 2.46. The predicted octanol–water partition coefficient (Wildman–Crippen LogP) is 9.80. The quantitative estimate of drug-likeness (QED) is 0.262. The SMILES string of the molecule is CC1CCC2CC(C3CCC(C(F)(F)Oc4cc(F)c5c(F)c(C#CC(F)(F)F)c(F)cc5c4)CC3)CCC2C1. The molecule has 0 aromatic heterocycles. The fourth-order valence-electron chi connectivity index (χ4n) is 7.45. The molecule has 0 N–H and O–H groups in total. The fourth-order valence-corrected chi connectivity index (χ4v) is 7.45. The zero-order chi connectivity index (χ0) is 28.8. The minimum Gasteiger partial charge on any atom is -0.432 e. The van der Waals surface area contributed by atoms with Gasteiger partial charge in [0.25, 0.3) is 0 Å². The first kappa shape index (κ1) is 29.0. The molecule has 0 saturated heterocycles. The summed E-state index contributed by atoms with van der Waals surface area (Å²) in [6.07, 6.45) is 0.641. The lowest BCUT2D eigenvalue weighted by molar-refractivity contribution is -0.224. The highest BCUT2D eigenvalue weighted by molar-refractivity contribution is 5.87. The summed E-state index contributed by atoms with van der Waals surface area (Å²) in [6.45, 7) is 2.32. The molecule has 0 amide bonds. The molecule has 2 aromatic rings. The van der Waals surface area contributed by atoms with Crippen molar-refractivity contribution in [1.82, 2.24) is 0 Å². The molecule has 1 nitrogen and oxygen atoms in total. The van der Waals surface area contributed by atoms with Crippen molar-refractivity contribution < 1.29 is 39.9 Å². The van der Waals surface area contributed by atoms with Crippen molar-refractivity contribution in [3.05, 3.63) is 41.2 Å². The average Bonchev–Trinajstić information content (AvgIpc) is 2.87. The second-order valence-corrected chi connectivity index (χ2v) is 12.1. The second kappa shape index (κ2) is 11.1. The van der Waals surface area contributed by atoms with Gasteiger partial charge in [-0.1, -0.05) is 19.3 Å². The molecule has 3 fully saturated rings. The normalized spacial score (nSPS) is 29.4. The maximum Gasteiger partial charge on any atom is 0.458 e. The molecule has 3 aliphatic rings. The van der Waals surface area contributed by atoms with Crippen molar-refractivity contribution in [2.45, 2.75) is 83.4 Å². The molecular weight excluding hydrogens is 540 g/mol. The van der Waals surface area contributed by atoms with Crippen molar-refractivity contribution in [2.75, 3.05) is 0 Å². The van der Waals surface area contributed by atoms with Gasteiger partial charge in [-0.05, 0) is 105 Å². The van der Waals surface area contributed by atoms with E-state index in [1.165, 1.54) is 38.0 Å². The fraction of sp³-hybridized carbons (Fsp3) is 0.613. The number of benzene rings is 2. The molecule has 0 radical (unpaired) electrons. The van der Waals surface area contributed by atoms with Crippen molar-refractivity contribution in [3.63, 3.8) is 0 Å². The molecule has 3 saturated carbocycles. The van der Waals surface area contributed by atoms with Crippen LogP contribution >= 0.6 is 0 Å². The molecule has 4 atom stereocenters. The second-order valence-electron chi connectivity index (χ2n) is 12.1. The van der Waals surface area contributed by atoms with Gasteiger partial charge in [0.05, 0.1) is 16.9 Å². The van der Waals surface area contributed by atoms with Gasteiger partial charge in [0.2, 0.25) is 0 Å². The van der Waals surface area contributed by atoms with Gasteiger partial charge in [0.1, 0.15) is 17.4 Å². The van der Waals surface area contributed by atoms with Crippen LogP contribution in [0.25, 0.3) is 10.8 Å². The van der Waals surface area contributed by atoms with Crippen molar-refractivity contribution >= 4 is 10.8 Å². The van der Waals surface area contributed by atoms with Crippen LogP contribution in [0.3, 0.4) is 0 Å². The predicted molar refractivity (Wildman–Crippen MR) is 135 cm³/mol. The van der Waals surface area contributed by atoms with Crippen LogP contribution < -0.4 is 4.74 Å². The molecule has 9 heteroatoms. The van der Waals surface area contributed by atoms with Gasteiger partial charge < -0.3 is 4.74 Å². The molecule has 3 aliphatic carbocycles. The van der Waals surface area contributed by atoms with Crippen molar-refractivity contribution in [1.29, 1.82) is 0 Å². The summed E-state index contributed by atoms with van der Waals surface area (Å²) in [5.41, 5.74) is -1.26. The Morgan fingerprint density at radius 3 is 2.00 bits per heavy atom. The van der Waals surface area contributed by atoms with Crippen LogP contribution in [0.5, 0.6) is 5.75 Å². The molecule has 5 rings (SSSR count). The largest absolute Gasteiger partial charge is 0.458 e. The molecule has 0 heterocycles. The zero-order valence-corrected chi connectivity index (χ0v) is 22.2. The van der Waals surface area contributed by atoms with Gasteiger partial charge in [0.15, 0.2) is 5.82 Å². The summed E-state index contributed by atoms with van der Waals surface area (Å²) in [5, 5.41) is -1.32. The Labute approximate surface area is 228 Å². The number of hydrogen-bond donors (Lipinski definition) is 0. The molecule has 218 valence electrons. The van der Waals surface area contributed by atoms with Crippen LogP contribution in [0.1, 0.15) is 76.7 Å². The number of fused-ring (bicyclic) bond motifs is 2. The Bertz CT molecular complexity index is 1300. The monoisotopic (exact) mass is 572 g/mol.